The molecule has 93 heavy (non-hydrogen) atoms. The van der Waals surface area contributed by atoms with Gasteiger partial charge in [0, 0.05) is 65.0 Å². The molecule has 0 radical (unpaired) electrons. The van der Waals surface area contributed by atoms with Gasteiger partial charge in [0.2, 0.25) is 5.91 Å². The average Bonchev–Trinajstić information content (AvgIpc) is 0.888. The van der Waals surface area contributed by atoms with E-state index >= 15 is 0 Å². The Balaban J connectivity index is 1.41. The molecule has 9 unspecified atom stereocenters. The van der Waals surface area contributed by atoms with Gasteiger partial charge in [-0.3, -0.25) is 18.5 Å². The Labute approximate surface area is 546 Å². The Hall–Kier alpha value is -0.960. The monoisotopic (exact) mass is 1410 g/mol. The van der Waals surface area contributed by atoms with Crippen LogP contribution in [0.1, 0.15) is 131 Å². The van der Waals surface area contributed by atoms with E-state index in [9.17, 15) is 79.1 Å². The molecule has 0 bridgehead atoms. The fraction of sp³-hybridized carbons (Fsp3) is 0.982. The predicted molar refractivity (Wildman–Crippen MR) is 321 cm³/mol. The molecule has 18 atom stereocenters. The largest absolute Gasteiger partial charge is 0.756 e. The predicted octanol–water partition coefficient (Wildman–Crippen LogP) is -0.0524. The highest BCUT2D eigenvalue weighted by Gasteiger charge is 2.46. The van der Waals surface area contributed by atoms with E-state index in [1.807, 2.05) is 13.8 Å². The molecule has 0 aromatic rings. The number of phosphoric ester groups is 3. The Bertz CT molecular complexity index is 2010. The van der Waals surface area contributed by atoms with Crippen molar-refractivity contribution in [3.8, 4) is 0 Å². The second-order valence-corrected chi connectivity index (χ2v) is 28.1. The van der Waals surface area contributed by atoms with Crippen molar-refractivity contribution in [2.24, 2.45) is 17.8 Å². The van der Waals surface area contributed by atoms with Crippen LogP contribution < -0.4 is 20.0 Å². The number of carbonyl (C=O) groups excluding carboxylic acids is 1. The first-order valence-corrected chi connectivity index (χ1v) is 36.8. The summed E-state index contributed by atoms with van der Waals surface area (Å²) < 4.78 is 126. The van der Waals surface area contributed by atoms with Gasteiger partial charge in [-0.2, -0.15) is 0 Å². The first kappa shape index (κ1) is 86.3. The van der Waals surface area contributed by atoms with E-state index in [0.29, 0.717) is 77.0 Å². The molecule has 33 nitrogen and oxygen atoms in total. The van der Waals surface area contributed by atoms with E-state index < -0.39 is 146 Å². The normalized spacial score (nSPS) is 29.6. The fourth-order valence-electron chi connectivity index (χ4n) is 9.73. The van der Waals surface area contributed by atoms with Gasteiger partial charge in [0.15, 0.2) is 18.9 Å². The molecule has 36 heteroatoms. The molecule has 10 N–H and O–H groups in total. The van der Waals surface area contributed by atoms with Gasteiger partial charge in [0.25, 0.3) is 23.5 Å². The Morgan fingerprint density at radius 3 is 1.04 bits per heavy atom. The van der Waals surface area contributed by atoms with Gasteiger partial charge < -0.3 is 140 Å². The average molecular weight is 1410 g/mol. The van der Waals surface area contributed by atoms with Crippen LogP contribution in [0.3, 0.4) is 0 Å². The van der Waals surface area contributed by atoms with Gasteiger partial charge >= 0.3 is 0 Å². The summed E-state index contributed by atoms with van der Waals surface area (Å²) in [6.07, 6.45) is -6.43. The topological polar surface area (TPSA) is 479 Å². The third-order valence-electron chi connectivity index (χ3n) is 15.2. The molecule has 3 aliphatic heterocycles. The van der Waals surface area contributed by atoms with E-state index in [1.54, 1.807) is 13.8 Å². The summed E-state index contributed by atoms with van der Waals surface area (Å²) in [5.74, 6) is -1.49. The first-order valence-electron chi connectivity index (χ1n) is 32.4. The van der Waals surface area contributed by atoms with E-state index in [1.165, 1.54) is 6.92 Å². The minimum absolute atomic E-state index is 0.00368. The maximum Gasteiger partial charge on any atom is 0.267 e. The molecular weight excluding hydrogens is 1300 g/mol. The van der Waals surface area contributed by atoms with E-state index in [4.69, 9.17) is 74.5 Å². The maximum absolute atomic E-state index is 12.6. The second-order valence-electron chi connectivity index (χ2n) is 23.9. The number of unbranched alkanes of at least 4 members (excludes halogenated alkanes) is 9. The van der Waals surface area contributed by atoms with Crippen molar-refractivity contribution in [2.45, 2.75) is 216 Å². The summed E-state index contributed by atoms with van der Waals surface area (Å²) in [5, 5.41) is 92.0. The van der Waals surface area contributed by atoms with Crippen LogP contribution in [-0.2, 0) is 93.0 Å². The number of carbonyl (C=O) groups is 1. The Kier molecular flexibility index (Phi) is 43.8. The van der Waals surface area contributed by atoms with E-state index in [2.05, 4.69) is 5.32 Å². The lowest BCUT2D eigenvalue weighted by Gasteiger charge is -2.42. The molecule has 3 saturated heterocycles. The quantitative estimate of drug-likeness (QED) is 0.0282. The van der Waals surface area contributed by atoms with Crippen LogP contribution in [0, 0.1) is 17.8 Å². The van der Waals surface area contributed by atoms with Crippen LogP contribution in [0.5, 0.6) is 0 Å². The number of rotatable bonds is 55. The van der Waals surface area contributed by atoms with Crippen LogP contribution >= 0.6 is 23.5 Å². The van der Waals surface area contributed by atoms with Crippen molar-refractivity contribution in [3.63, 3.8) is 0 Å². The number of amides is 1. The molecule has 3 rings (SSSR count). The maximum atomic E-state index is 12.6. The molecule has 3 aliphatic rings. The summed E-state index contributed by atoms with van der Waals surface area (Å²) >= 11 is 0. The van der Waals surface area contributed by atoms with Crippen LogP contribution in [0.4, 0.5) is 0 Å². The van der Waals surface area contributed by atoms with Crippen molar-refractivity contribution < 1.29 is 154 Å². The second kappa shape index (κ2) is 47.2. The molecule has 0 aromatic carbocycles. The van der Waals surface area contributed by atoms with E-state index in [-0.39, 0.29) is 131 Å². The molecule has 0 aliphatic carbocycles. The third kappa shape index (κ3) is 34.8. The van der Waals surface area contributed by atoms with Crippen molar-refractivity contribution >= 4 is 29.4 Å². The Morgan fingerprint density at radius 1 is 0.441 bits per heavy atom. The zero-order chi connectivity index (χ0) is 68.9. The lowest BCUT2D eigenvalue weighted by Crippen LogP contribution is -2.64. The van der Waals surface area contributed by atoms with Gasteiger partial charge in [0.1, 0.15) is 54.4 Å². The Morgan fingerprint density at radius 2 is 0.731 bits per heavy atom. The number of hydrogen-bond acceptors (Lipinski definition) is 32. The summed E-state index contributed by atoms with van der Waals surface area (Å²) in [6.45, 7) is 6.22. The fourth-order valence-corrected chi connectivity index (χ4v) is 12.1. The van der Waals surface area contributed by atoms with Crippen molar-refractivity contribution in [2.75, 3.05) is 126 Å². The molecule has 3 heterocycles. The minimum Gasteiger partial charge on any atom is -0.756 e. The van der Waals surface area contributed by atoms with Crippen molar-refractivity contribution in [3.05, 3.63) is 0 Å². The summed E-state index contributed by atoms with van der Waals surface area (Å²) in [5.41, 5.74) is -1.27. The third-order valence-corrected chi connectivity index (χ3v) is 18.2. The van der Waals surface area contributed by atoms with Gasteiger partial charge in [-0.25, -0.2) is 0 Å². The highest BCUT2D eigenvalue weighted by atomic mass is 31.2. The first-order chi connectivity index (χ1) is 44.2. The molecule has 0 saturated carbocycles. The zero-order valence-corrected chi connectivity index (χ0v) is 57.2. The number of ether oxygens (including phenoxy) is 10. The zero-order valence-electron chi connectivity index (χ0n) is 54.5. The SMILES string of the molecule is CC(=O)NC1[C@H](OCCCCCCOP(=O)([O-])OCCCOCC(COCCCOP(=O)([O-])OCCCCCCO[C@@H]2OC(CO)[C@H](O)[C@H](O)C2C)(COCCCOP(=O)([O-])OCCCCCCO[C@@H]2OC(CO)[C@H](O)[C@H](O)C2C)OCC(C)C)OC(CO)[C@H](O)[C@@H]1O. The molecular formula is C57H109NO32P3-3. The molecule has 0 aromatic heterocycles. The number of nitrogens with one attached hydrogen (secondary N) is 1. The molecule has 1 amide bonds. The number of hydrogen-bond donors (Lipinski definition) is 10. The van der Waals surface area contributed by atoms with Crippen LogP contribution in [0.25, 0.3) is 0 Å². The van der Waals surface area contributed by atoms with Gasteiger partial charge in [-0.1, -0.05) is 66.2 Å². The highest BCUT2D eigenvalue weighted by molar-refractivity contribution is 7.46. The number of aliphatic hydroxyl groups is 9. The standard InChI is InChI=1S/C57H112NO32P3/c1-40(2)36-81-57(37-75-21-18-30-85-91(69,70)82-27-15-9-6-12-24-78-54-41(3)48(63)50(65)44(33-59)88-54,38-76-22-19-31-86-92(71,72)83-28-16-10-7-13-25-79-55-42(4)49(64)51(66)45(34-60)89-55)39-77-23-20-32-87-93(73,74)84-29-17-11-8-14-26-80-56-47(58-43(5)62)53(68)52(67)46(35-61)90-56/h40-42,44-56,59-61,63-68H,6-39H2,1-5H3,(H,58,62)(H,69,70)(H,71,72)(H,73,74)/p-3/t41?,42?,44?,45?,46?,47?,48-,49-,50+,51+,52+,53-,54-,55-,56-,57?/m1/s1. The summed E-state index contributed by atoms with van der Waals surface area (Å²) in [4.78, 5) is 49.3. The van der Waals surface area contributed by atoms with Crippen LogP contribution in [0.15, 0.2) is 0 Å². The van der Waals surface area contributed by atoms with Gasteiger partial charge in [-0.05, 0) is 63.7 Å². The van der Waals surface area contributed by atoms with Gasteiger partial charge in [-0.15, -0.1) is 0 Å². The van der Waals surface area contributed by atoms with Crippen LogP contribution in [0.2, 0.25) is 0 Å². The number of aliphatic hydroxyl groups excluding tert-OH is 9. The smallest absolute Gasteiger partial charge is 0.267 e. The lowest BCUT2D eigenvalue weighted by atomic mass is 9.92. The van der Waals surface area contributed by atoms with Crippen LogP contribution in [-0.4, -0.2) is 263 Å². The number of phosphoric acid groups is 3. The van der Waals surface area contributed by atoms with Crippen molar-refractivity contribution in [1.29, 1.82) is 0 Å². The molecule has 0 spiro atoms. The summed E-state index contributed by atoms with van der Waals surface area (Å²) in [7, 11) is -14.0. The highest BCUT2D eigenvalue weighted by Crippen LogP contribution is 2.41. The van der Waals surface area contributed by atoms with E-state index in [0.717, 1.165) is 0 Å². The summed E-state index contributed by atoms with van der Waals surface area (Å²) in [6, 6.07) is -1.07. The molecule has 552 valence electrons. The molecule has 3 fully saturated rings. The van der Waals surface area contributed by atoms with Crippen molar-refractivity contribution in [1.82, 2.24) is 5.32 Å². The lowest BCUT2D eigenvalue weighted by molar-refractivity contribution is -0.282. The van der Waals surface area contributed by atoms with Gasteiger partial charge in [0.05, 0.1) is 91.5 Å². The minimum atomic E-state index is -4.70.